The maximum absolute atomic E-state index is 11.8. The average molecular weight is 236 g/mol. The van der Waals surface area contributed by atoms with Gasteiger partial charge in [0.1, 0.15) is 5.76 Å². The molecule has 1 N–H and O–H groups in total. The number of aryl methyl sites for hydroxylation is 2. The molecule has 0 aromatic carbocycles. The zero-order valence-electron chi connectivity index (χ0n) is 9.11. The molecule has 4 nitrogen and oxygen atoms in total. The van der Waals surface area contributed by atoms with Crippen LogP contribution in [0.25, 0.3) is 0 Å². The molecule has 2 heterocycles. The van der Waals surface area contributed by atoms with E-state index in [0.29, 0.717) is 17.1 Å². The van der Waals surface area contributed by atoms with Crippen molar-refractivity contribution < 1.29 is 9.32 Å². The molecule has 0 aliphatic heterocycles. The quantitative estimate of drug-likeness (QED) is 0.891. The topological polar surface area (TPSA) is 55.1 Å². The van der Waals surface area contributed by atoms with E-state index < -0.39 is 0 Å². The number of hydrogen-bond acceptors (Lipinski definition) is 4. The van der Waals surface area contributed by atoms with E-state index in [4.69, 9.17) is 4.52 Å². The second-order valence-electron chi connectivity index (χ2n) is 3.43. The number of rotatable bonds is 3. The van der Waals surface area contributed by atoms with Crippen LogP contribution >= 0.6 is 11.3 Å². The molecular weight excluding hydrogens is 224 g/mol. The number of hydrogen-bond donors (Lipinski definition) is 1. The first-order valence-corrected chi connectivity index (χ1v) is 5.89. The SMILES string of the molecule is CCc1cc(C(=O)Nc2cc(C)on2)cs1. The van der Waals surface area contributed by atoms with Gasteiger partial charge in [-0.2, -0.15) is 0 Å². The Balaban J connectivity index is 2.08. The van der Waals surface area contributed by atoms with E-state index in [1.165, 1.54) is 4.88 Å². The zero-order valence-corrected chi connectivity index (χ0v) is 9.93. The van der Waals surface area contributed by atoms with Crippen LogP contribution in [0.15, 0.2) is 22.0 Å². The van der Waals surface area contributed by atoms with Gasteiger partial charge in [0.25, 0.3) is 5.91 Å². The molecule has 5 heteroatoms. The van der Waals surface area contributed by atoms with Crippen molar-refractivity contribution in [1.82, 2.24) is 5.16 Å². The summed E-state index contributed by atoms with van der Waals surface area (Å²) in [5.41, 5.74) is 0.669. The number of amides is 1. The number of carbonyl (C=O) groups is 1. The Kier molecular flexibility index (Phi) is 3.05. The summed E-state index contributed by atoms with van der Waals surface area (Å²) in [7, 11) is 0. The number of aromatic nitrogens is 1. The highest BCUT2D eigenvalue weighted by atomic mass is 32.1. The number of nitrogens with zero attached hydrogens (tertiary/aromatic N) is 1. The number of thiophene rings is 1. The lowest BCUT2D eigenvalue weighted by atomic mass is 10.2. The third kappa shape index (κ3) is 2.30. The summed E-state index contributed by atoms with van der Waals surface area (Å²) < 4.78 is 4.87. The molecule has 0 bridgehead atoms. The van der Waals surface area contributed by atoms with E-state index in [2.05, 4.69) is 17.4 Å². The monoisotopic (exact) mass is 236 g/mol. The van der Waals surface area contributed by atoms with E-state index in [0.717, 1.165) is 6.42 Å². The van der Waals surface area contributed by atoms with Gasteiger partial charge in [-0.05, 0) is 19.4 Å². The van der Waals surface area contributed by atoms with Crippen LogP contribution in [-0.4, -0.2) is 11.1 Å². The largest absolute Gasteiger partial charge is 0.360 e. The Morgan fingerprint density at radius 2 is 2.38 bits per heavy atom. The summed E-state index contributed by atoms with van der Waals surface area (Å²) in [6.45, 7) is 3.84. The van der Waals surface area contributed by atoms with Gasteiger partial charge in [-0.3, -0.25) is 4.79 Å². The summed E-state index contributed by atoms with van der Waals surface area (Å²) in [4.78, 5) is 13.0. The van der Waals surface area contributed by atoms with E-state index in [9.17, 15) is 4.79 Å². The minimum atomic E-state index is -0.149. The van der Waals surface area contributed by atoms with Gasteiger partial charge < -0.3 is 9.84 Å². The van der Waals surface area contributed by atoms with Gasteiger partial charge in [0.2, 0.25) is 0 Å². The van der Waals surface area contributed by atoms with Crippen molar-refractivity contribution in [2.45, 2.75) is 20.3 Å². The van der Waals surface area contributed by atoms with Crippen molar-refractivity contribution >= 4 is 23.1 Å². The van der Waals surface area contributed by atoms with Crippen LogP contribution in [0.5, 0.6) is 0 Å². The highest BCUT2D eigenvalue weighted by Gasteiger charge is 2.10. The van der Waals surface area contributed by atoms with Crippen molar-refractivity contribution in [1.29, 1.82) is 0 Å². The first-order valence-electron chi connectivity index (χ1n) is 5.01. The van der Waals surface area contributed by atoms with Crippen LogP contribution in [-0.2, 0) is 6.42 Å². The Hall–Kier alpha value is -1.62. The fourth-order valence-electron chi connectivity index (χ4n) is 1.30. The lowest BCUT2D eigenvalue weighted by Gasteiger charge is -1.96. The van der Waals surface area contributed by atoms with E-state index >= 15 is 0 Å². The number of anilines is 1. The molecule has 2 rings (SSSR count). The molecule has 0 spiro atoms. The van der Waals surface area contributed by atoms with Crippen molar-refractivity contribution in [3.05, 3.63) is 33.7 Å². The molecule has 2 aromatic rings. The third-order valence-corrected chi connectivity index (χ3v) is 3.22. The minimum absolute atomic E-state index is 0.149. The summed E-state index contributed by atoms with van der Waals surface area (Å²) in [5.74, 6) is 0.978. The molecule has 0 saturated heterocycles. The maximum Gasteiger partial charge on any atom is 0.257 e. The normalized spacial score (nSPS) is 10.4. The molecule has 0 atom stereocenters. The van der Waals surface area contributed by atoms with Crippen LogP contribution in [0.3, 0.4) is 0 Å². The van der Waals surface area contributed by atoms with E-state index in [1.54, 1.807) is 24.3 Å². The summed E-state index contributed by atoms with van der Waals surface area (Å²) in [5, 5.41) is 8.23. The average Bonchev–Trinajstić information content (AvgIpc) is 2.87. The van der Waals surface area contributed by atoms with Gasteiger partial charge in [0, 0.05) is 16.3 Å². The smallest absolute Gasteiger partial charge is 0.257 e. The Morgan fingerprint density at radius 3 is 2.94 bits per heavy atom. The van der Waals surface area contributed by atoms with Gasteiger partial charge >= 0.3 is 0 Å². The van der Waals surface area contributed by atoms with Crippen molar-refractivity contribution in [2.75, 3.05) is 5.32 Å². The van der Waals surface area contributed by atoms with E-state index in [-0.39, 0.29) is 5.91 Å². The number of carbonyl (C=O) groups excluding carboxylic acids is 1. The molecule has 0 unspecified atom stereocenters. The highest BCUT2D eigenvalue weighted by Crippen LogP contribution is 2.16. The molecule has 0 aliphatic rings. The summed E-state index contributed by atoms with van der Waals surface area (Å²) >= 11 is 1.59. The molecule has 0 aliphatic carbocycles. The van der Waals surface area contributed by atoms with Gasteiger partial charge in [-0.1, -0.05) is 12.1 Å². The standard InChI is InChI=1S/C11H12N2O2S/c1-3-9-5-8(6-16-9)11(14)12-10-4-7(2)15-13-10/h4-6H,3H2,1-2H3,(H,12,13,14). The Bertz CT molecular complexity index is 502. The number of nitrogens with one attached hydrogen (secondary N) is 1. The van der Waals surface area contributed by atoms with Crippen molar-refractivity contribution in [2.24, 2.45) is 0 Å². The molecule has 84 valence electrons. The van der Waals surface area contributed by atoms with E-state index in [1.807, 2.05) is 11.4 Å². The van der Waals surface area contributed by atoms with Crippen molar-refractivity contribution in [3.63, 3.8) is 0 Å². The predicted molar refractivity (Wildman–Crippen MR) is 62.9 cm³/mol. The predicted octanol–water partition coefficient (Wildman–Crippen LogP) is 2.86. The van der Waals surface area contributed by atoms with Crippen LogP contribution in [0, 0.1) is 6.92 Å². The Morgan fingerprint density at radius 1 is 1.56 bits per heavy atom. The Labute approximate surface area is 97.3 Å². The van der Waals surface area contributed by atoms with Crippen molar-refractivity contribution in [3.8, 4) is 0 Å². The molecular formula is C11H12N2O2S. The van der Waals surface area contributed by atoms with Crippen LogP contribution in [0.2, 0.25) is 0 Å². The fourth-order valence-corrected chi connectivity index (χ4v) is 2.11. The molecule has 0 radical (unpaired) electrons. The van der Waals surface area contributed by atoms with Gasteiger partial charge in [0.05, 0.1) is 5.56 Å². The summed E-state index contributed by atoms with van der Waals surface area (Å²) in [6, 6.07) is 3.58. The lowest BCUT2D eigenvalue weighted by Crippen LogP contribution is -2.10. The highest BCUT2D eigenvalue weighted by molar-refractivity contribution is 7.10. The zero-order chi connectivity index (χ0) is 11.5. The third-order valence-electron chi connectivity index (χ3n) is 2.13. The first-order chi connectivity index (χ1) is 7.69. The molecule has 0 fully saturated rings. The van der Waals surface area contributed by atoms with Gasteiger partial charge in [0.15, 0.2) is 5.82 Å². The molecule has 0 saturated carbocycles. The molecule has 2 aromatic heterocycles. The van der Waals surface area contributed by atoms with Gasteiger partial charge in [-0.25, -0.2) is 0 Å². The first kappa shape index (κ1) is 10.9. The van der Waals surface area contributed by atoms with Gasteiger partial charge in [-0.15, -0.1) is 11.3 Å². The molecule has 1 amide bonds. The second kappa shape index (κ2) is 4.49. The maximum atomic E-state index is 11.8. The lowest BCUT2D eigenvalue weighted by molar-refractivity contribution is 0.102. The van der Waals surface area contributed by atoms with Crippen LogP contribution in [0.1, 0.15) is 27.9 Å². The fraction of sp³-hybridized carbons (Fsp3) is 0.273. The second-order valence-corrected chi connectivity index (χ2v) is 4.43. The van der Waals surface area contributed by atoms with Crippen LogP contribution < -0.4 is 5.32 Å². The minimum Gasteiger partial charge on any atom is -0.360 e. The van der Waals surface area contributed by atoms with Crippen LogP contribution in [0.4, 0.5) is 5.82 Å². The summed E-state index contributed by atoms with van der Waals surface area (Å²) in [6.07, 6.45) is 0.945. The molecule has 16 heavy (non-hydrogen) atoms.